The number of hydrogen-bond donors (Lipinski definition) is 1. The van der Waals surface area contributed by atoms with E-state index >= 15 is 0 Å². The molecule has 0 bridgehead atoms. The molecule has 96 valence electrons. The van der Waals surface area contributed by atoms with Crippen molar-refractivity contribution in [2.24, 2.45) is 0 Å². The molecule has 0 saturated heterocycles. The van der Waals surface area contributed by atoms with E-state index in [9.17, 15) is 0 Å². The average molecular weight is 238 g/mol. The summed E-state index contributed by atoms with van der Waals surface area (Å²) in [4.78, 5) is 0. The van der Waals surface area contributed by atoms with Crippen molar-refractivity contribution < 1.29 is 14.6 Å². The zero-order valence-electron chi connectivity index (χ0n) is 10.3. The molecule has 0 aromatic heterocycles. The van der Waals surface area contributed by atoms with E-state index in [0.29, 0.717) is 26.2 Å². The summed E-state index contributed by atoms with van der Waals surface area (Å²) in [5.74, 6) is 0. The van der Waals surface area contributed by atoms with Crippen LogP contribution in [0.15, 0.2) is 30.3 Å². The summed E-state index contributed by atoms with van der Waals surface area (Å²) in [5, 5.41) is 8.54. The Morgan fingerprint density at radius 2 is 1.47 bits per heavy atom. The first-order valence-electron chi connectivity index (χ1n) is 6.24. The third kappa shape index (κ3) is 7.91. The smallest absolute Gasteiger partial charge is 0.0700 e. The van der Waals surface area contributed by atoms with Gasteiger partial charge in [0.2, 0.25) is 0 Å². The van der Waals surface area contributed by atoms with Crippen LogP contribution in [0.5, 0.6) is 0 Å². The van der Waals surface area contributed by atoms with E-state index in [1.165, 1.54) is 5.56 Å². The second-order valence-corrected chi connectivity index (χ2v) is 3.89. The first-order valence-corrected chi connectivity index (χ1v) is 6.24. The Balaban J connectivity index is 1.85. The van der Waals surface area contributed by atoms with E-state index in [2.05, 4.69) is 24.3 Å². The topological polar surface area (TPSA) is 38.7 Å². The average Bonchev–Trinajstić information content (AvgIpc) is 2.38. The van der Waals surface area contributed by atoms with Gasteiger partial charge in [-0.3, -0.25) is 0 Å². The Labute approximate surface area is 103 Å². The van der Waals surface area contributed by atoms with Crippen LogP contribution in [0.25, 0.3) is 0 Å². The van der Waals surface area contributed by atoms with Crippen LogP contribution >= 0.6 is 0 Å². The molecule has 3 heteroatoms. The van der Waals surface area contributed by atoms with E-state index in [1.807, 2.05) is 6.07 Å². The minimum Gasteiger partial charge on any atom is -0.396 e. The SMILES string of the molecule is OCCCOCCOCCCc1ccccc1. The highest BCUT2D eigenvalue weighted by Crippen LogP contribution is 2.02. The lowest BCUT2D eigenvalue weighted by Crippen LogP contribution is -2.07. The molecule has 1 rings (SSSR count). The van der Waals surface area contributed by atoms with E-state index in [4.69, 9.17) is 14.6 Å². The third-order valence-electron chi connectivity index (χ3n) is 2.42. The minimum atomic E-state index is 0.192. The summed E-state index contributed by atoms with van der Waals surface area (Å²) in [5.41, 5.74) is 1.36. The summed E-state index contributed by atoms with van der Waals surface area (Å²) in [6, 6.07) is 10.4. The second kappa shape index (κ2) is 10.3. The van der Waals surface area contributed by atoms with Crippen molar-refractivity contribution in [3.63, 3.8) is 0 Å². The zero-order chi connectivity index (χ0) is 12.2. The molecule has 0 radical (unpaired) electrons. The first kappa shape index (κ1) is 14.2. The van der Waals surface area contributed by atoms with Crippen LogP contribution in [-0.2, 0) is 15.9 Å². The van der Waals surface area contributed by atoms with Crippen LogP contribution in [0.3, 0.4) is 0 Å². The predicted octanol–water partition coefficient (Wildman–Crippen LogP) is 2.03. The van der Waals surface area contributed by atoms with Crippen LogP contribution in [0.1, 0.15) is 18.4 Å². The summed E-state index contributed by atoms with van der Waals surface area (Å²) >= 11 is 0. The van der Waals surface area contributed by atoms with Crippen LogP contribution in [-0.4, -0.2) is 38.1 Å². The van der Waals surface area contributed by atoms with E-state index < -0.39 is 0 Å². The molecular formula is C14H22O3. The lowest BCUT2D eigenvalue weighted by Gasteiger charge is -2.05. The van der Waals surface area contributed by atoms with Crippen LogP contribution in [0.4, 0.5) is 0 Å². The zero-order valence-corrected chi connectivity index (χ0v) is 10.3. The lowest BCUT2D eigenvalue weighted by atomic mass is 10.1. The predicted molar refractivity (Wildman–Crippen MR) is 68.1 cm³/mol. The molecule has 0 fully saturated rings. The van der Waals surface area contributed by atoms with Crippen molar-refractivity contribution in [2.45, 2.75) is 19.3 Å². The number of aryl methyl sites for hydroxylation is 1. The highest BCUT2D eigenvalue weighted by molar-refractivity contribution is 5.14. The fraction of sp³-hybridized carbons (Fsp3) is 0.571. The Hall–Kier alpha value is -0.900. The molecule has 1 aromatic carbocycles. The molecule has 0 heterocycles. The normalized spacial score (nSPS) is 10.6. The van der Waals surface area contributed by atoms with E-state index in [-0.39, 0.29) is 6.61 Å². The van der Waals surface area contributed by atoms with Crippen LogP contribution in [0.2, 0.25) is 0 Å². The maximum absolute atomic E-state index is 8.54. The Morgan fingerprint density at radius 1 is 0.824 bits per heavy atom. The molecule has 0 aliphatic carbocycles. The highest BCUT2D eigenvalue weighted by atomic mass is 16.5. The minimum absolute atomic E-state index is 0.192. The summed E-state index contributed by atoms with van der Waals surface area (Å²) in [6.45, 7) is 2.84. The molecule has 0 atom stereocenters. The Bertz CT molecular complexity index is 261. The number of ether oxygens (including phenoxy) is 2. The fourth-order valence-corrected chi connectivity index (χ4v) is 1.51. The van der Waals surface area contributed by atoms with Gasteiger partial charge in [-0.15, -0.1) is 0 Å². The van der Waals surface area contributed by atoms with Crippen molar-refractivity contribution in [2.75, 3.05) is 33.0 Å². The van der Waals surface area contributed by atoms with Crippen LogP contribution in [0, 0.1) is 0 Å². The fourth-order valence-electron chi connectivity index (χ4n) is 1.51. The van der Waals surface area contributed by atoms with Crippen molar-refractivity contribution in [3.05, 3.63) is 35.9 Å². The number of hydrogen-bond acceptors (Lipinski definition) is 3. The molecule has 0 amide bonds. The van der Waals surface area contributed by atoms with Crippen molar-refractivity contribution >= 4 is 0 Å². The number of rotatable bonds is 10. The van der Waals surface area contributed by atoms with Gasteiger partial charge >= 0.3 is 0 Å². The first-order chi connectivity index (χ1) is 8.43. The number of benzene rings is 1. The number of aliphatic hydroxyl groups excluding tert-OH is 1. The molecule has 17 heavy (non-hydrogen) atoms. The molecule has 0 aliphatic rings. The van der Waals surface area contributed by atoms with Crippen molar-refractivity contribution in [1.82, 2.24) is 0 Å². The molecule has 0 saturated carbocycles. The summed E-state index contributed by atoms with van der Waals surface area (Å²) in [6.07, 6.45) is 2.81. The highest BCUT2D eigenvalue weighted by Gasteiger charge is 1.93. The van der Waals surface area contributed by atoms with Gasteiger partial charge in [0, 0.05) is 19.8 Å². The largest absolute Gasteiger partial charge is 0.396 e. The maximum atomic E-state index is 8.54. The van der Waals surface area contributed by atoms with Gasteiger partial charge in [-0.05, 0) is 24.8 Å². The molecule has 0 unspecified atom stereocenters. The van der Waals surface area contributed by atoms with Crippen LogP contribution < -0.4 is 0 Å². The summed E-state index contributed by atoms with van der Waals surface area (Å²) in [7, 11) is 0. The van der Waals surface area contributed by atoms with Crippen molar-refractivity contribution in [3.8, 4) is 0 Å². The number of aliphatic hydroxyl groups is 1. The lowest BCUT2D eigenvalue weighted by molar-refractivity contribution is 0.0419. The van der Waals surface area contributed by atoms with Gasteiger partial charge in [-0.25, -0.2) is 0 Å². The second-order valence-electron chi connectivity index (χ2n) is 3.89. The maximum Gasteiger partial charge on any atom is 0.0700 e. The molecule has 0 spiro atoms. The Kier molecular flexibility index (Phi) is 8.55. The van der Waals surface area contributed by atoms with Crippen molar-refractivity contribution in [1.29, 1.82) is 0 Å². The van der Waals surface area contributed by atoms with Gasteiger partial charge in [-0.1, -0.05) is 30.3 Å². The third-order valence-corrected chi connectivity index (χ3v) is 2.42. The van der Waals surface area contributed by atoms with Gasteiger partial charge in [0.25, 0.3) is 0 Å². The van der Waals surface area contributed by atoms with Gasteiger partial charge < -0.3 is 14.6 Å². The molecular weight excluding hydrogens is 216 g/mol. The van der Waals surface area contributed by atoms with Gasteiger partial charge in [0.05, 0.1) is 13.2 Å². The van der Waals surface area contributed by atoms with Gasteiger partial charge in [-0.2, -0.15) is 0 Å². The molecule has 1 aromatic rings. The monoisotopic (exact) mass is 238 g/mol. The molecule has 0 aliphatic heterocycles. The quantitative estimate of drug-likeness (QED) is 0.634. The van der Waals surface area contributed by atoms with E-state index in [0.717, 1.165) is 19.4 Å². The standard InChI is InChI=1S/C14H22O3/c15-9-5-11-17-13-12-16-10-4-8-14-6-2-1-3-7-14/h1-3,6-7,15H,4-5,8-13H2. The summed E-state index contributed by atoms with van der Waals surface area (Å²) < 4.78 is 10.7. The van der Waals surface area contributed by atoms with Gasteiger partial charge in [0.15, 0.2) is 0 Å². The molecule has 3 nitrogen and oxygen atoms in total. The van der Waals surface area contributed by atoms with Gasteiger partial charge in [0.1, 0.15) is 0 Å². The van der Waals surface area contributed by atoms with E-state index in [1.54, 1.807) is 0 Å². The Morgan fingerprint density at radius 3 is 2.12 bits per heavy atom. The molecule has 1 N–H and O–H groups in total.